The lowest BCUT2D eigenvalue weighted by molar-refractivity contribution is 0.174. The molecule has 2 aromatic rings. The monoisotopic (exact) mass is 300 g/mol. The summed E-state index contributed by atoms with van der Waals surface area (Å²) in [6.45, 7) is 2.08. The third-order valence-electron chi connectivity index (χ3n) is 4.60. The molecule has 0 radical (unpaired) electrons. The minimum atomic E-state index is 0.0478. The zero-order valence-electron chi connectivity index (χ0n) is 12.5. The molecule has 0 bridgehead atoms. The van der Waals surface area contributed by atoms with Crippen molar-refractivity contribution in [3.63, 3.8) is 0 Å². The van der Waals surface area contributed by atoms with Crippen LogP contribution < -0.4 is 20.3 Å². The van der Waals surface area contributed by atoms with Gasteiger partial charge in [-0.2, -0.15) is 0 Å². The van der Waals surface area contributed by atoms with Gasteiger partial charge in [0.2, 0.25) is 6.79 Å². The van der Waals surface area contributed by atoms with E-state index in [1.807, 2.05) is 18.3 Å². The number of nitrogens with zero attached hydrogens (tertiary/aromatic N) is 1. The van der Waals surface area contributed by atoms with Crippen LogP contribution in [-0.4, -0.2) is 23.9 Å². The van der Waals surface area contributed by atoms with Crippen LogP contribution in [0.1, 0.15) is 25.7 Å². The van der Waals surface area contributed by atoms with Gasteiger partial charge in [0.1, 0.15) is 0 Å². The van der Waals surface area contributed by atoms with Crippen LogP contribution in [0.25, 0.3) is 10.8 Å². The average molecular weight is 300 g/mol. The van der Waals surface area contributed by atoms with Crippen LogP contribution in [0.4, 0.5) is 0 Å². The van der Waals surface area contributed by atoms with E-state index >= 15 is 0 Å². The summed E-state index contributed by atoms with van der Waals surface area (Å²) < 4.78 is 12.5. The van der Waals surface area contributed by atoms with Crippen LogP contribution >= 0.6 is 0 Å². The predicted molar refractivity (Wildman–Crippen MR) is 84.6 cm³/mol. The molecule has 1 fully saturated rings. The van der Waals surface area contributed by atoms with Gasteiger partial charge in [0, 0.05) is 18.8 Å². The van der Waals surface area contributed by atoms with Crippen molar-refractivity contribution in [3.8, 4) is 11.5 Å². The predicted octanol–water partition coefficient (Wildman–Crippen LogP) is 2.26. The van der Waals surface area contributed by atoms with Gasteiger partial charge < -0.3 is 19.4 Å². The lowest BCUT2D eigenvalue weighted by Crippen LogP contribution is -2.35. The molecule has 2 aliphatic rings. The van der Waals surface area contributed by atoms with E-state index in [4.69, 9.17) is 9.47 Å². The molecule has 5 nitrogen and oxygen atoms in total. The molecular weight excluding hydrogens is 280 g/mol. The Morgan fingerprint density at radius 3 is 2.91 bits per heavy atom. The standard InChI is InChI=1S/C17H20N2O3/c20-17-14-10-16-15(21-11-22-16)9-12(14)4-7-19(17)8-5-13-3-1-2-6-18-13/h4,7,9-10,13,18H,1-3,5-6,8,11H2. The van der Waals surface area contributed by atoms with Crippen molar-refractivity contribution in [2.75, 3.05) is 13.3 Å². The molecule has 1 unspecified atom stereocenters. The molecule has 0 saturated carbocycles. The second-order valence-corrected chi connectivity index (χ2v) is 6.04. The molecule has 1 saturated heterocycles. The maximum absolute atomic E-state index is 12.6. The molecular formula is C17H20N2O3. The Labute approximate surface area is 128 Å². The van der Waals surface area contributed by atoms with Crippen LogP contribution in [0.3, 0.4) is 0 Å². The van der Waals surface area contributed by atoms with Crippen LogP contribution in [0.15, 0.2) is 29.2 Å². The van der Waals surface area contributed by atoms with Crippen molar-refractivity contribution < 1.29 is 9.47 Å². The Morgan fingerprint density at radius 2 is 2.09 bits per heavy atom. The van der Waals surface area contributed by atoms with Gasteiger partial charge in [-0.05, 0) is 49.4 Å². The number of benzene rings is 1. The van der Waals surface area contributed by atoms with E-state index in [0.29, 0.717) is 17.2 Å². The Balaban J connectivity index is 1.60. The summed E-state index contributed by atoms with van der Waals surface area (Å²) in [4.78, 5) is 12.6. The van der Waals surface area contributed by atoms with Gasteiger partial charge in [0.05, 0.1) is 5.39 Å². The third-order valence-corrected chi connectivity index (χ3v) is 4.60. The maximum Gasteiger partial charge on any atom is 0.258 e. The molecule has 5 heteroatoms. The van der Waals surface area contributed by atoms with E-state index in [0.717, 1.165) is 30.6 Å². The molecule has 1 atom stereocenters. The number of piperidine rings is 1. The van der Waals surface area contributed by atoms with E-state index in [-0.39, 0.29) is 12.4 Å². The zero-order valence-corrected chi connectivity index (χ0v) is 12.5. The molecule has 2 aliphatic heterocycles. The molecule has 1 aromatic heterocycles. The largest absolute Gasteiger partial charge is 0.454 e. The van der Waals surface area contributed by atoms with Crippen molar-refractivity contribution >= 4 is 10.8 Å². The number of aromatic nitrogens is 1. The molecule has 4 rings (SSSR count). The number of ether oxygens (including phenoxy) is 2. The van der Waals surface area contributed by atoms with Crippen LogP contribution in [0.5, 0.6) is 11.5 Å². The van der Waals surface area contributed by atoms with Crippen LogP contribution in [0.2, 0.25) is 0 Å². The quantitative estimate of drug-likeness (QED) is 0.944. The minimum absolute atomic E-state index is 0.0478. The highest BCUT2D eigenvalue weighted by atomic mass is 16.7. The number of nitrogens with one attached hydrogen (secondary N) is 1. The average Bonchev–Trinajstić information content (AvgIpc) is 3.01. The summed E-state index contributed by atoms with van der Waals surface area (Å²) in [7, 11) is 0. The third kappa shape index (κ3) is 2.46. The highest BCUT2D eigenvalue weighted by molar-refractivity contribution is 5.85. The number of hydrogen-bond acceptors (Lipinski definition) is 4. The first-order valence-corrected chi connectivity index (χ1v) is 7.97. The molecule has 116 valence electrons. The minimum Gasteiger partial charge on any atom is -0.454 e. The molecule has 0 aliphatic carbocycles. The normalized spacial score (nSPS) is 20.5. The Hall–Kier alpha value is -2.01. The number of fused-ring (bicyclic) bond motifs is 2. The lowest BCUT2D eigenvalue weighted by atomic mass is 10.0. The van der Waals surface area contributed by atoms with Crippen molar-refractivity contribution in [1.82, 2.24) is 9.88 Å². The van der Waals surface area contributed by atoms with Crippen LogP contribution in [0, 0.1) is 0 Å². The van der Waals surface area contributed by atoms with Gasteiger partial charge in [-0.15, -0.1) is 0 Å². The molecule has 1 N–H and O–H groups in total. The van der Waals surface area contributed by atoms with Crippen molar-refractivity contribution in [2.24, 2.45) is 0 Å². The van der Waals surface area contributed by atoms with Gasteiger partial charge in [-0.3, -0.25) is 4.79 Å². The summed E-state index contributed by atoms with van der Waals surface area (Å²) in [6, 6.07) is 6.20. The number of aryl methyl sites for hydroxylation is 1. The smallest absolute Gasteiger partial charge is 0.258 e. The summed E-state index contributed by atoms with van der Waals surface area (Å²) >= 11 is 0. The van der Waals surface area contributed by atoms with Gasteiger partial charge >= 0.3 is 0 Å². The molecule has 0 spiro atoms. The van der Waals surface area contributed by atoms with Gasteiger partial charge in [0.15, 0.2) is 11.5 Å². The first-order chi connectivity index (χ1) is 10.8. The number of hydrogen-bond donors (Lipinski definition) is 1. The highest BCUT2D eigenvalue weighted by Gasteiger charge is 2.17. The summed E-state index contributed by atoms with van der Waals surface area (Å²) in [6.07, 6.45) is 6.64. The van der Waals surface area contributed by atoms with Crippen molar-refractivity contribution in [1.29, 1.82) is 0 Å². The molecule has 3 heterocycles. The SMILES string of the molecule is O=c1c2cc3c(cc2ccn1CCC1CCCCN1)OCO3. The van der Waals surface area contributed by atoms with Crippen molar-refractivity contribution in [3.05, 3.63) is 34.7 Å². The summed E-state index contributed by atoms with van der Waals surface area (Å²) in [5.41, 5.74) is 0.0478. The van der Waals surface area contributed by atoms with Gasteiger partial charge in [-0.1, -0.05) is 6.42 Å². The zero-order chi connectivity index (χ0) is 14.9. The van der Waals surface area contributed by atoms with E-state index in [9.17, 15) is 4.79 Å². The van der Waals surface area contributed by atoms with Gasteiger partial charge in [-0.25, -0.2) is 0 Å². The number of rotatable bonds is 3. The van der Waals surface area contributed by atoms with E-state index in [2.05, 4.69) is 5.32 Å². The molecule has 22 heavy (non-hydrogen) atoms. The fourth-order valence-corrected chi connectivity index (χ4v) is 3.31. The fourth-order valence-electron chi connectivity index (χ4n) is 3.31. The van der Waals surface area contributed by atoms with E-state index in [1.165, 1.54) is 19.3 Å². The summed E-state index contributed by atoms with van der Waals surface area (Å²) in [5, 5.41) is 5.13. The first-order valence-electron chi connectivity index (χ1n) is 7.97. The second-order valence-electron chi connectivity index (χ2n) is 6.04. The Morgan fingerprint density at radius 1 is 1.23 bits per heavy atom. The maximum atomic E-state index is 12.6. The highest BCUT2D eigenvalue weighted by Crippen LogP contribution is 2.34. The molecule has 1 aromatic carbocycles. The van der Waals surface area contributed by atoms with Gasteiger partial charge in [0.25, 0.3) is 5.56 Å². The topological polar surface area (TPSA) is 52.5 Å². The first kappa shape index (κ1) is 13.6. The second kappa shape index (κ2) is 5.65. The van der Waals surface area contributed by atoms with Crippen LogP contribution in [-0.2, 0) is 6.54 Å². The number of pyridine rings is 1. The van der Waals surface area contributed by atoms with Crippen molar-refractivity contribution in [2.45, 2.75) is 38.3 Å². The Bertz CT molecular complexity index is 747. The fraction of sp³-hybridized carbons (Fsp3) is 0.471. The Kier molecular flexibility index (Phi) is 3.50. The van der Waals surface area contributed by atoms with E-state index < -0.39 is 0 Å². The molecule has 0 amide bonds. The summed E-state index contributed by atoms with van der Waals surface area (Å²) in [5.74, 6) is 1.38. The lowest BCUT2D eigenvalue weighted by Gasteiger charge is -2.23. The van der Waals surface area contributed by atoms with E-state index in [1.54, 1.807) is 10.6 Å².